The first-order chi connectivity index (χ1) is 8.56. The topological polar surface area (TPSA) is 60.8 Å². The number of aliphatic hydroxyl groups excluding tert-OH is 1. The highest BCUT2D eigenvalue weighted by molar-refractivity contribution is 5.67. The maximum Gasteiger partial charge on any atom is 0.304 e. The van der Waals surface area contributed by atoms with E-state index in [0.29, 0.717) is 0 Å². The minimum absolute atomic E-state index is 0.0185. The molecule has 0 saturated carbocycles. The second-order valence-electron chi connectivity index (χ2n) is 4.48. The van der Waals surface area contributed by atoms with Crippen LogP contribution in [0.1, 0.15) is 31.4 Å². The van der Waals surface area contributed by atoms with Gasteiger partial charge in [-0.25, -0.2) is 0 Å². The number of carboxylic acid groups (broad SMARTS) is 1. The Morgan fingerprint density at radius 2 is 1.83 bits per heavy atom. The van der Waals surface area contributed by atoms with Gasteiger partial charge in [-0.05, 0) is 24.6 Å². The number of aliphatic carboxylic acids is 1. The molecular weight excluding hydrogens is 230 g/mol. The normalized spacial score (nSPS) is 12.7. The van der Waals surface area contributed by atoms with Crippen molar-refractivity contribution in [2.45, 2.75) is 39.5 Å². The van der Waals surface area contributed by atoms with Crippen molar-refractivity contribution in [1.82, 2.24) is 4.90 Å². The molecule has 0 fully saturated rings. The average molecular weight is 251 g/mol. The molecule has 1 atom stereocenters. The molecular formula is C14H21NO3. The fourth-order valence-corrected chi connectivity index (χ4v) is 1.95. The number of hydrogen-bond acceptors (Lipinski definition) is 3. The van der Waals surface area contributed by atoms with Crippen LogP contribution < -0.4 is 0 Å². The molecule has 0 radical (unpaired) electrons. The Bertz CT molecular complexity index is 375. The van der Waals surface area contributed by atoms with E-state index in [1.165, 1.54) is 0 Å². The van der Waals surface area contributed by atoms with Crippen LogP contribution in [0.15, 0.2) is 24.3 Å². The van der Waals surface area contributed by atoms with Crippen molar-refractivity contribution >= 4 is 5.97 Å². The molecule has 0 bridgehead atoms. The molecule has 0 aromatic heterocycles. The zero-order valence-electron chi connectivity index (χ0n) is 11.0. The Hall–Kier alpha value is -1.39. The van der Waals surface area contributed by atoms with Crippen LogP contribution in [-0.2, 0) is 17.9 Å². The quantitative estimate of drug-likeness (QED) is 0.776. The van der Waals surface area contributed by atoms with E-state index >= 15 is 0 Å². The van der Waals surface area contributed by atoms with Crippen LogP contribution in [0.25, 0.3) is 0 Å². The molecule has 0 aliphatic carbocycles. The van der Waals surface area contributed by atoms with Crippen LogP contribution in [0.5, 0.6) is 0 Å². The summed E-state index contributed by atoms with van der Waals surface area (Å²) in [6.07, 6.45) is 0.155. The van der Waals surface area contributed by atoms with Gasteiger partial charge in [0.15, 0.2) is 0 Å². The lowest BCUT2D eigenvalue weighted by atomic mass is 10.1. The van der Waals surface area contributed by atoms with Gasteiger partial charge in [0.25, 0.3) is 0 Å². The third-order valence-electron chi connectivity index (χ3n) is 3.09. The Morgan fingerprint density at radius 1 is 1.28 bits per heavy atom. The first-order valence-corrected chi connectivity index (χ1v) is 6.21. The smallest absolute Gasteiger partial charge is 0.304 e. The minimum Gasteiger partial charge on any atom is -0.481 e. The highest BCUT2D eigenvalue weighted by Gasteiger charge is 2.15. The van der Waals surface area contributed by atoms with E-state index in [1.54, 1.807) is 0 Å². The summed E-state index contributed by atoms with van der Waals surface area (Å²) in [6, 6.07) is 7.75. The molecule has 0 spiro atoms. The summed E-state index contributed by atoms with van der Waals surface area (Å²) in [6.45, 7) is 5.56. The van der Waals surface area contributed by atoms with E-state index < -0.39 is 5.97 Å². The van der Waals surface area contributed by atoms with E-state index in [-0.39, 0.29) is 19.1 Å². The first-order valence-electron chi connectivity index (χ1n) is 6.21. The number of aliphatic hydroxyl groups is 1. The monoisotopic (exact) mass is 251 g/mol. The third kappa shape index (κ3) is 4.47. The highest BCUT2D eigenvalue weighted by Crippen LogP contribution is 2.11. The van der Waals surface area contributed by atoms with Crippen LogP contribution in [-0.4, -0.2) is 33.7 Å². The van der Waals surface area contributed by atoms with Crippen LogP contribution in [0.2, 0.25) is 0 Å². The van der Waals surface area contributed by atoms with Crippen molar-refractivity contribution in [3.8, 4) is 0 Å². The lowest BCUT2D eigenvalue weighted by Gasteiger charge is -2.26. The number of hydrogen-bond donors (Lipinski definition) is 2. The number of nitrogens with zero attached hydrogens (tertiary/aromatic N) is 1. The second-order valence-corrected chi connectivity index (χ2v) is 4.48. The minimum atomic E-state index is -0.767. The van der Waals surface area contributed by atoms with Crippen molar-refractivity contribution in [2.75, 3.05) is 6.54 Å². The van der Waals surface area contributed by atoms with Crippen molar-refractivity contribution in [3.05, 3.63) is 35.4 Å². The summed E-state index contributed by atoms with van der Waals surface area (Å²) in [5.41, 5.74) is 2.02. The van der Waals surface area contributed by atoms with E-state index in [9.17, 15) is 4.79 Å². The fourth-order valence-electron chi connectivity index (χ4n) is 1.95. The largest absolute Gasteiger partial charge is 0.481 e. The molecule has 1 aromatic carbocycles. The Labute approximate surface area is 108 Å². The molecule has 2 N–H and O–H groups in total. The van der Waals surface area contributed by atoms with Crippen LogP contribution in [0.4, 0.5) is 0 Å². The standard InChI is InChI=1S/C14H21NO3/c1-3-15(11(2)8-14(17)18)9-12-4-6-13(10-16)7-5-12/h4-7,11,16H,3,8-10H2,1-2H3,(H,17,18). The summed E-state index contributed by atoms with van der Waals surface area (Å²) in [4.78, 5) is 12.8. The van der Waals surface area contributed by atoms with Crippen molar-refractivity contribution in [2.24, 2.45) is 0 Å². The second kappa shape index (κ2) is 7.13. The van der Waals surface area contributed by atoms with Gasteiger partial charge in [-0.2, -0.15) is 0 Å². The van der Waals surface area contributed by atoms with Gasteiger partial charge in [-0.3, -0.25) is 9.69 Å². The van der Waals surface area contributed by atoms with Crippen molar-refractivity contribution in [3.63, 3.8) is 0 Å². The Morgan fingerprint density at radius 3 is 2.28 bits per heavy atom. The van der Waals surface area contributed by atoms with E-state index in [2.05, 4.69) is 4.90 Å². The van der Waals surface area contributed by atoms with Gasteiger partial charge in [0, 0.05) is 12.6 Å². The maximum absolute atomic E-state index is 10.7. The highest BCUT2D eigenvalue weighted by atomic mass is 16.4. The molecule has 18 heavy (non-hydrogen) atoms. The predicted octanol–water partition coefficient (Wildman–Crippen LogP) is 1.86. The van der Waals surface area contributed by atoms with E-state index in [0.717, 1.165) is 24.2 Å². The Balaban J connectivity index is 2.63. The van der Waals surface area contributed by atoms with Gasteiger partial charge in [-0.15, -0.1) is 0 Å². The molecule has 1 unspecified atom stereocenters. The zero-order valence-corrected chi connectivity index (χ0v) is 11.0. The van der Waals surface area contributed by atoms with Gasteiger partial charge in [0.2, 0.25) is 0 Å². The maximum atomic E-state index is 10.7. The average Bonchev–Trinajstić information content (AvgIpc) is 2.35. The molecule has 1 aromatic rings. The molecule has 100 valence electrons. The third-order valence-corrected chi connectivity index (χ3v) is 3.09. The van der Waals surface area contributed by atoms with Gasteiger partial charge in [-0.1, -0.05) is 31.2 Å². The van der Waals surface area contributed by atoms with Gasteiger partial charge >= 0.3 is 5.97 Å². The van der Waals surface area contributed by atoms with Crippen LogP contribution in [0, 0.1) is 0 Å². The number of benzene rings is 1. The lowest BCUT2D eigenvalue weighted by Crippen LogP contribution is -2.34. The summed E-state index contributed by atoms with van der Waals surface area (Å²) in [7, 11) is 0. The first kappa shape index (κ1) is 14.7. The molecule has 4 heteroatoms. The number of carboxylic acids is 1. The van der Waals surface area contributed by atoms with E-state index in [1.807, 2.05) is 38.1 Å². The van der Waals surface area contributed by atoms with Gasteiger partial charge in [0.1, 0.15) is 0 Å². The van der Waals surface area contributed by atoms with Crippen molar-refractivity contribution in [1.29, 1.82) is 0 Å². The summed E-state index contributed by atoms with van der Waals surface area (Å²) >= 11 is 0. The zero-order chi connectivity index (χ0) is 13.5. The molecule has 1 rings (SSSR count). The molecule has 0 heterocycles. The lowest BCUT2D eigenvalue weighted by molar-refractivity contribution is -0.138. The summed E-state index contributed by atoms with van der Waals surface area (Å²) < 4.78 is 0. The molecule has 4 nitrogen and oxygen atoms in total. The summed E-state index contributed by atoms with van der Waals surface area (Å²) in [5, 5.41) is 17.8. The summed E-state index contributed by atoms with van der Waals surface area (Å²) in [5.74, 6) is -0.767. The van der Waals surface area contributed by atoms with Crippen LogP contribution in [0.3, 0.4) is 0 Å². The van der Waals surface area contributed by atoms with Gasteiger partial charge < -0.3 is 10.2 Å². The fraction of sp³-hybridized carbons (Fsp3) is 0.500. The van der Waals surface area contributed by atoms with Crippen LogP contribution >= 0.6 is 0 Å². The predicted molar refractivity (Wildman–Crippen MR) is 70.2 cm³/mol. The van der Waals surface area contributed by atoms with Crippen molar-refractivity contribution < 1.29 is 15.0 Å². The number of carbonyl (C=O) groups is 1. The molecule has 0 aliphatic heterocycles. The molecule has 0 amide bonds. The molecule has 0 saturated heterocycles. The Kier molecular flexibility index (Phi) is 5.82. The van der Waals surface area contributed by atoms with E-state index in [4.69, 9.17) is 10.2 Å². The number of rotatable bonds is 7. The SMILES string of the molecule is CCN(Cc1ccc(CO)cc1)C(C)CC(=O)O. The van der Waals surface area contributed by atoms with Gasteiger partial charge in [0.05, 0.1) is 13.0 Å². The molecule has 0 aliphatic rings.